The average Bonchev–Trinajstić information content (AvgIpc) is 3.13. The molecule has 1 saturated heterocycles. The summed E-state index contributed by atoms with van der Waals surface area (Å²) in [5.74, 6) is -2.98. The highest BCUT2D eigenvalue weighted by Gasteiger charge is 2.54. The van der Waals surface area contributed by atoms with Crippen LogP contribution >= 0.6 is 23.1 Å². The number of carbonyl (C=O) groups is 4. The number of thiazole rings is 1. The molecule has 1 aromatic heterocycles. The number of amides is 2. The number of aliphatic carboxylic acids is 1. The summed E-state index contributed by atoms with van der Waals surface area (Å²) >= 11 is 2.35. The molecule has 2 amide bonds. The number of ether oxygens (including phenoxy) is 1. The van der Waals surface area contributed by atoms with Crippen LogP contribution in [0.15, 0.2) is 21.8 Å². The van der Waals surface area contributed by atoms with Crippen molar-refractivity contribution in [1.29, 1.82) is 0 Å². The molecular weight excluding hydrogens is 438 g/mol. The number of oxime groups is 1. The lowest BCUT2D eigenvalue weighted by Crippen LogP contribution is -2.71. The highest BCUT2D eigenvalue weighted by atomic mass is 32.2. The number of nitrogens with two attached hydrogens (primary N) is 1. The van der Waals surface area contributed by atoms with Crippen molar-refractivity contribution in [3.8, 4) is 0 Å². The molecule has 3 rings (SSSR count). The Balaban J connectivity index is 1.77. The van der Waals surface area contributed by atoms with Crippen LogP contribution in [0, 0.1) is 0 Å². The van der Waals surface area contributed by atoms with Gasteiger partial charge in [-0.2, -0.15) is 0 Å². The van der Waals surface area contributed by atoms with E-state index in [1.807, 2.05) is 0 Å². The molecular formula is C16H17N5O7S2. The molecule has 0 saturated carbocycles. The average molecular weight is 455 g/mol. The van der Waals surface area contributed by atoms with Gasteiger partial charge in [-0.1, -0.05) is 5.16 Å². The Hall–Kier alpha value is -3.13. The number of aromatic nitrogens is 1. The number of nitrogen functional groups attached to an aromatic ring is 1. The van der Waals surface area contributed by atoms with Crippen LogP contribution in [0.2, 0.25) is 0 Å². The van der Waals surface area contributed by atoms with Crippen molar-refractivity contribution in [3.63, 3.8) is 0 Å². The second-order valence-electron chi connectivity index (χ2n) is 6.09. The van der Waals surface area contributed by atoms with Gasteiger partial charge < -0.3 is 25.7 Å². The fourth-order valence-electron chi connectivity index (χ4n) is 2.88. The van der Waals surface area contributed by atoms with Crippen LogP contribution in [0.5, 0.6) is 0 Å². The van der Waals surface area contributed by atoms with Gasteiger partial charge in [0.15, 0.2) is 10.8 Å². The summed E-state index contributed by atoms with van der Waals surface area (Å²) in [6.07, 6.45) is 0. The molecule has 30 heavy (non-hydrogen) atoms. The smallest absolute Gasteiger partial charge is 0.352 e. The fourth-order valence-corrected chi connectivity index (χ4v) is 4.76. The first kappa shape index (κ1) is 21.6. The van der Waals surface area contributed by atoms with Gasteiger partial charge in [0.1, 0.15) is 36.5 Å². The molecule has 0 aliphatic carbocycles. The van der Waals surface area contributed by atoms with Crippen molar-refractivity contribution in [1.82, 2.24) is 15.2 Å². The van der Waals surface area contributed by atoms with Crippen molar-refractivity contribution in [2.24, 2.45) is 5.16 Å². The van der Waals surface area contributed by atoms with E-state index in [1.165, 1.54) is 31.2 Å². The molecule has 4 N–H and O–H groups in total. The second-order valence-corrected chi connectivity index (χ2v) is 8.09. The van der Waals surface area contributed by atoms with Gasteiger partial charge in [-0.25, -0.2) is 9.78 Å². The predicted octanol–water partition coefficient (Wildman–Crippen LogP) is -0.622. The van der Waals surface area contributed by atoms with Gasteiger partial charge in [-0.05, 0) is 0 Å². The van der Waals surface area contributed by atoms with Crippen LogP contribution < -0.4 is 11.1 Å². The van der Waals surface area contributed by atoms with E-state index in [0.717, 1.165) is 16.2 Å². The van der Waals surface area contributed by atoms with E-state index in [9.17, 15) is 24.3 Å². The Labute approximate surface area is 178 Å². The molecule has 0 aromatic carbocycles. The lowest BCUT2D eigenvalue weighted by atomic mass is 10.0. The van der Waals surface area contributed by atoms with Gasteiger partial charge in [0, 0.05) is 23.6 Å². The zero-order valence-electron chi connectivity index (χ0n) is 15.8. The van der Waals surface area contributed by atoms with Crippen molar-refractivity contribution >= 4 is 57.7 Å². The van der Waals surface area contributed by atoms with Crippen molar-refractivity contribution in [2.45, 2.75) is 18.3 Å². The standard InChI is InChI=1S/C16H17N5O7S2/c1-6(22)28-3-7-4-29-14-10(13(24)21(14)11(7)15(25)26)19-12(23)9(20-27-2)8-5-30-16(17)18-8/h5,10,14H,3-4H2,1-2H3,(H2,17,18)(H,19,23)(H,25,26)/b20-9-/t10-,14?/m0/s1. The van der Waals surface area contributed by atoms with Gasteiger partial charge in [0.05, 0.1) is 0 Å². The van der Waals surface area contributed by atoms with Crippen molar-refractivity contribution in [2.75, 3.05) is 25.2 Å². The summed E-state index contributed by atoms with van der Waals surface area (Å²) in [6, 6.07) is -0.967. The third-order valence-corrected chi connectivity index (χ3v) is 6.16. The van der Waals surface area contributed by atoms with Crippen LogP contribution in [-0.4, -0.2) is 75.3 Å². The third kappa shape index (κ3) is 4.09. The quantitative estimate of drug-likeness (QED) is 0.208. The number of rotatable bonds is 7. The molecule has 2 aliphatic rings. The molecule has 12 nitrogen and oxygen atoms in total. The summed E-state index contributed by atoms with van der Waals surface area (Å²) in [4.78, 5) is 57.8. The van der Waals surface area contributed by atoms with E-state index < -0.39 is 35.2 Å². The summed E-state index contributed by atoms with van der Waals surface area (Å²) in [5.41, 5.74) is 5.67. The molecule has 0 bridgehead atoms. The fraction of sp³-hybridized carbons (Fsp3) is 0.375. The number of β-lactam (4-membered cyclic amide) rings is 1. The van der Waals surface area contributed by atoms with E-state index >= 15 is 0 Å². The van der Waals surface area contributed by atoms with E-state index in [0.29, 0.717) is 5.57 Å². The number of anilines is 1. The minimum atomic E-state index is -1.32. The monoisotopic (exact) mass is 455 g/mol. The minimum Gasteiger partial charge on any atom is -0.477 e. The molecule has 0 radical (unpaired) electrons. The topological polar surface area (TPSA) is 174 Å². The number of esters is 1. The number of hydrogen-bond acceptors (Lipinski definition) is 11. The van der Waals surface area contributed by atoms with E-state index in [2.05, 4.69) is 20.3 Å². The summed E-state index contributed by atoms with van der Waals surface area (Å²) in [7, 11) is 1.25. The van der Waals surface area contributed by atoms with Crippen molar-refractivity contribution < 1.29 is 33.9 Å². The van der Waals surface area contributed by atoms with Crippen LogP contribution in [0.25, 0.3) is 0 Å². The number of carboxylic acids is 1. The molecule has 1 unspecified atom stereocenters. The lowest BCUT2D eigenvalue weighted by molar-refractivity contribution is -0.150. The predicted molar refractivity (Wildman–Crippen MR) is 106 cm³/mol. The number of carboxylic acid groups (broad SMARTS) is 1. The van der Waals surface area contributed by atoms with Crippen molar-refractivity contribution in [3.05, 3.63) is 22.3 Å². The molecule has 2 aliphatic heterocycles. The zero-order chi connectivity index (χ0) is 22.0. The Kier molecular flexibility index (Phi) is 6.26. The summed E-state index contributed by atoms with van der Waals surface area (Å²) < 4.78 is 4.88. The number of hydrogen-bond donors (Lipinski definition) is 3. The van der Waals surface area contributed by atoms with E-state index in [4.69, 9.17) is 10.5 Å². The van der Waals surface area contributed by atoms with Gasteiger partial charge in [-0.3, -0.25) is 19.3 Å². The zero-order valence-corrected chi connectivity index (χ0v) is 17.4. The van der Waals surface area contributed by atoms with Gasteiger partial charge in [0.2, 0.25) is 0 Å². The Morgan fingerprint density at radius 1 is 1.47 bits per heavy atom. The number of nitrogens with zero attached hydrogens (tertiary/aromatic N) is 3. The minimum absolute atomic E-state index is 0.165. The Bertz CT molecular complexity index is 973. The third-order valence-electron chi connectivity index (χ3n) is 4.15. The first-order valence-corrected chi connectivity index (χ1v) is 10.3. The maximum atomic E-state index is 12.7. The number of nitrogens with one attached hydrogen (secondary N) is 1. The Morgan fingerprint density at radius 3 is 2.77 bits per heavy atom. The number of fused-ring (bicyclic) bond motifs is 1. The van der Waals surface area contributed by atoms with Crippen LogP contribution in [0.1, 0.15) is 12.6 Å². The second kappa shape index (κ2) is 8.71. The maximum Gasteiger partial charge on any atom is 0.352 e. The molecule has 3 heterocycles. The normalized spacial score (nSPS) is 20.9. The highest BCUT2D eigenvalue weighted by molar-refractivity contribution is 8.00. The first-order chi connectivity index (χ1) is 14.2. The first-order valence-electron chi connectivity index (χ1n) is 8.41. The lowest BCUT2D eigenvalue weighted by Gasteiger charge is -2.49. The largest absolute Gasteiger partial charge is 0.477 e. The summed E-state index contributed by atoms with van der Waals surface area (Å²) in [5, 5.41) is 16.9. The molecule has 2 atom stereocenters. The highest BCUT2D eigenvalue weighted by Crippen LogP contribution is 2.40. The SMILES string of the molecule is CO/N=C(\C(=O)N[C@H]1C(=O)N2C(C(=O)O)=C(COC(C)=O)CSC12)c1csc(N)n1. The molecule has 1 aromatic rings. The van der Waals surface area contributed by atoms with E-state index in [-0.39, 0.29) is 34.6 Å². The number of carbonyl (C=O) groups excluding carboxylic acids is 3. The van der Waals surface area contributed by atoms with Gasteiger partial charge >= 0.3 is 11.9 Å². The summed E-state index contributed by atoms with van der Waals surface area (Å²) in [6.45, 7) is 0.975. The van der Waals surface area contributed by atoms with Crippen LogP contribution in [0.3, 0.4) is 0 Å². The molecule has 14 heteroatoms. The van der Waals surface area contributed by atoms with Gasteiger partial charge in [0.25, 0.3) is 11.8 Å². The number of thioether (sulfide) groups is 1. The van der Waals surface area contributed by atoms with Crippen LogP contribution in [0.4, 0.5) is 5.13 Å². The molecule has 1 fully saturated rings. The molecule has 160 valence electrons. The van der Waals surface area contributed by atoms with E-state index in [1.54, 1.807) is 0 Å². The van der Waals surface area contributed by atoms with Crippen LogP contribution in [-0.2, 0) is 28.8 Å². The molecule has 0 spiro atoms. The van der Waals surface area contributed by atoms with Gasteiger partial charge in [-0.15, -0.1) is 23.1 Å². The maximum absolute atomic E-state index is 12.7. The Morgan fingerprint density at radius 2 is 2.20 bits per heavy atom.